The van der Waals surface area contributed by atoms with Gasteiger partial charge in [0.2, 0.25) is 0 Å². The molecule has 0 aliphatic heterocycles. The average molecular weight is 184 g/mol. The summed E-state index contributed by atoms with van der Waals surface area (Å²) in [6.07, 6.45) is 5.11. The van der Waals surface area contributed by atoms with Gasteiger partial charge in [0.15, 0.2) is 0 Å². The van der Waals surface area contributed by atoms with Crippen LogP contribution >= 0.6 is 0 Å². The van der Waals surface area contributed by atoms with Gasteiger partial charge in [0.05, 0.1) is 0 Å². The molecule has 76 valence electrons. The molecule has 0 unspecified atom stereocenters. The van der Waals surface area contributed by atoms with Gasteiger partial charge in [0.25, 0.3) is 0 Å². The fourth-order valence-electron chi connectivity index (χ4n) is 2.14. The van der Waals surface area contributed by atoms with Gasteiger partial charge >= 0.3 is 7.05 Å². The van der Waals surface area contributed by atoms with Gasteiger partial charge in [0.1, 0.15) is 0 Å². The lowest BCUT2D eigenvalue weighted by Crippen LogP contribution is -2.37. The minimum Gasteiger partial charge on any atom is -0.437 e. The van der Waals surface area contributed by atoms with Crippen LogP contribution in [0.3, 0.4) is 0 Å². The van der Waals surface area contributed by atoms with Crippen LogP contribution in [-0.4, -0.2) is 25.2 Å². The van der Waals surface area contributed by atoms with Gasteiger partial charge < -0.3 is 16.0 Å². The van der Waals surface area contributed by atoms with Gasteiger partial charge in [-0.3, -0.25) is 0 Å². The third-order valence-electron chi connectivity index (χ3n) is 2.93. The minimum absolute atomic E-state index is 0.377. The molecule has 0 radical (unpaired) electrons. The number of hydrogen-bond acceptors (Lipinski definition) is 3. The molecular formula is C9H21BN2O. The number of hydrogen-bond donors (Lipinski definition) is 3. The highest BCUT2D eigenvalue weighted by Crippen LogP contribution is 2.27. The molecule has 0 heterocycles. The predicted molar refractivity (Wildman–Crippen MR) is 56.3 cm³/mol. The summed E-state index contributed by atoms with van der Waals surface area (Å²) in [6.45, 7) is 3.53. The zero-order chi connectivity index (χ0) is 9.68. The van der Waals surface area contributed by atoms with Gasteiger partial charge in [-0.15, -0.1) is 0 Å². The van der Waals surface area contributed by atoms with Crippen LogP contribution in [0.5, 0.6) is 0 Å². The van der Waals surface area contributed by atoms with Gasteiger partial charge in [-0.1, -0.05) is 6.42 Å². The van der Waals surface area contributed by atoms with Crippen molar-refractivity contribution in [3.05, 3.63) is 0 Å². The fourth-order valence-corrected chi connectivity index (χ4v) is 2.14. The molecule has 0 aromatic rings. The molecule has 1 aliphatic rings. The van der Waals surface area contributed by atoms with E-state index in [2.05, 4.69) is 5.23 Å². The molecule has 0 amide bonds. The molecule has 4 heteroatoms. The Kier molecular flexibility index (Phi) is 4.77. The minimum atomic E-state index is -0.377. The summed E-state index contributed by atoms with van der Waals surface area (Å²) in [5, 5.41) is 12.1. The van der Waals surface area contributed by atoms with Gasteiger partial charge in [-0.2, -0.15) is 0 Å². The monoisotopic (exact) mass is 184 g/mol. The molecule has 0 aromatic carbocycles. The highest BCUT2D eigenvalue weighted by Gasteiger charge is 2.21. The second-order valence-corrected chi connectivity index (χ2v) is 4.22. The van der Waals surface area contributed by atoms with Crippen molar-refractivity contribution in [2.45, 2.75) is 32.5 Å². The third-order valence-corrected chi connectivity index (χ3v) is 2.93. The van der Waals surface area contributed by atoms with Crippen molar-refractivity contribution in [3.8, 4) is 0 Å². The van der Waals surface area contributed by atoms with E-state index >= 15 is 0 Å². The lowest BCUT2D eigenvalue weighted by atomic mass is 9.79. The zero-order valence-corrected chi connectivity index (χ0v) is 8.50. The Hall–Kier alpha value is -0.0551. The van der Waals surface area contributed by atoms with Crippen molar-refractivity contribution in [1.29, 1.82) is 0 Å². The largest absolute Gasteiger partial charge is 0.437 e. The maximum Gasteiger partial charge on any atom is 0.373 e. The van der Waals surface area contributed by atoms with E-state index in [0.29, 0.717) is 0 Å². The number of nitrogens with two attached hydrogens (primary N) is 1. The Morgan fingerprint density at radius 3 is 2.77 bits per heavy atom. The van der Waals surface area contributed by atoms with E-state index in [4.69, 9.17) is 10.8 Å². The van der Waals surface area contributed by atoms with E-state index in [1.165, 1.54) is 25.7 Å². The highest BCUT2D eigenvalue weighted by atomic mass is 16.2. The maximum absolute atomic E-state index is 9.07. The Morgan fingerprint density at radius 1 is 1.46 bits per heavy atom. The van der Waals surface area contributed by atoms with Gasteiger partial charge in [0, 0.05) is 0 Å². The molecule has 4 N–H and O–H groups in total. The summed E-state index contributed by atoms with van der Waals surface area (Å²) in [4.78, 5) is 0. The van der Waals surface area contributed by atoms with E-state index in [1.807, 2.05) is 0 Å². The molecule has 0 saturated heterocycles. The smallest absolute Gasteiger partial charge is 0.373 e. The fraction of sp³-hybridized carbons (Fsp3) is 1.00. The van der Waals surface area contributed by atoms with Crippen LogP contribution in [-0.2, 0) is 0 Å². The van der Waals surface area contributed by atoms with Gasteiger partial charge in [-0.25, -0.2) is 0 Å². The van der Waals surface area contributed by atoms with Crippen LogP contribution in [0.1, 0.15) is 25.7 Å². The molecule has 1 aliphatic carbocycles. The van der Waals surface area contributed by atoms with E-state index in [0.717, 1.165) is 24.9 Å². The molecule has 1 rings (SSSR count). The molecule has 13 heavy (non-hydrogen) atoms. The number of rotatable bonds is 4. The third kappa shape index (κ3) is 4.11. The predicted octanol–water partition coefficient (Wildman–Crippen LogP) is 0.451. The lowest BCUT2D eigenvalue weighted by molar-refractivity contribution is 0.270. The van der Waals surface area contributed by atoms with E-state index in [9.17, 15) is 0 Å². The first-order valence-corrected chi connectivity index (χ1v) is 5.34. The summed E-state index contributed by atoms with van der Waals surface area (Å²) in [5.41, 5.74) is 5.65. The molecule has 3 nitrogen and oxygen atoms in total. The summed E-state index contributed by atoms with van der Waals surface area (Å²) in [7, 11) is -0.377. The average Bonchev–Trinajstić information content (AvgIpc) is 2.15. The Labute approximate surface area is 81.2 Å². The first kappa shape index (κ1) is 11.0. The second kappa shape index (κ2) is 5.63. The lowest BCUT2D eigenvalue weighted by Gasteiger charge is -2.28. The van der Waals surface area contributed by atoms with Crippen molar-refractivity contribution in [1.82, 2.24) is 5.23 Å². The quantitative estimate of drug-likeness (QED) is 0.556. The molecule has 0 spiro atoms. The second-order valence-electron chi connectivity index (χ2n) is 4.22. The molecule has 0 bridgehead atoms. The van der Waals surface area contributed by atoms with Crippen molar-refractivity contribution >= 4 is 7.05 Å². The van der Waals surface area contributed by atoms with Crippen molar-refractivity contribution in [2.75, 3.05) is 13.1 Å². The van der Waals surface area contributed by atoms with Crippen LogP contribution < -0.4 is 11.0 Å². The Morgan fingerprint density at radius 2 is 2.15 bits per heavy atom. The van der Waals surface area contributed by atoms with Crippen LogP contribution in [0.2, 0.25) is 6.82 Å². The van der Waals surface area contributed by atoms with E-state index in [1.54, 1.807) is 6.82 Å². The Balaban J connectivity index is 2.18. The molecule has 2 atom stereocenters. The molecular weight excluding hydrogens is 163 g/mol. The molecule has 0 aromatic heterocycles. The van der Waals surface area contributed by atoms with Crippen LogP contribution in [0, 0.1) is 11.8 Å². The summed E-state index contributed by atoms with van der Waals surface area (Å²) >= 11 is 0. The first-order valence-electron chi connectivity index (χ1n) is 5.34. The van der Waals surface area contributed by atoms with Gasteiger partial charge in [-0.05, 0) is 51.0 Å². The van der Waals surface area contributed by atoms with Crippen LogP contribution in [0.4, 0.5) is 0 Å². The maximum atomic E-state index is 9.07. The van der Waals surface area contributed by atoms with Crippen molar-refractivity contribution < 1.29 is 5.02 Å². The topological polar surface area (TPSA) is 58.3 Å². The van der Waals surface area contributed by atoms with Crippen LogP contribution in [0.15, 0.2) is 0 Å². The normalized spacial score (nSPS) is 28.8. The Bertz CT molecular complexity index is 144. The van der Waals surface area contributed by atoms with E-state index < -0.39 is 0 Å². The highest BCUT2D eigenvalue weighted by molar-refractivity contribution is 6.45. The summed E-state index contributed by atoms with van der Waals surface area (Å²) in [5.74, 6) is 1.44. The standard InChI is InChI=1S/C9H21BN2O/c1-10(13)12-7-9-4-2-3-8(5-9)6-11/h8-9,12-13H,2-7,11H2,1H3/t8-,9+/m0/s1. The molecule has 1 saturated carbocycles. The van der Waals surface area contributed by atoms with E-state index in [-0.39, 0.29) is 7.05 Å². The van der Waals surface area contributed by atoms with Crippen molar-refractivity contribution in [3.63, 3.8) is 0 Å². The summed E-state index contributed by atoms with van der Waals surface area (Å²) in [6, 6.07) is 0. The van der Waals surface area contributed by atoms with Crippen molar-refractivity contribution in [2.24, 2.45) is 17.6 Å². The summed E-state index contributed by atoms with van der Waals surface area (Å²) < 4.78 is 0. The molecule has 1 fully saturated rings. The first-order chi connectivity index (χ1) is 6.22. The van der Waals surface area contributed by atoms with Crippen LogP contribution in [0.25, 0.3) is 0 Å². The SMILES string of the molecule is CB(O)NC[C@@H]1CCC[C@H](CN)C1. The zero-order valence-electron chi connectivity index (χ0n) is 8.50. The number of nitrogens with one attached hydrogen (secondary N) is 1.